The summed E-state index contributed by atoms with van der Waals surface area (Å²) in [7, 11) is 0. The van der Waals surface area contributed by atoms with E-state index >= 15 is 0 Å². The maximum Gasteiger partial charge on any atom is 0.280 e. The highest BCUT2D eigenvalue weighted by Crippen LogP contribution is 2.11. The molecule has 4 N–H and O–H groups in total. The van der Waals surface area contributed by atoms with E-state index in [1.807, 2.05) is 0 Å². The van der Waals surface area contributed by atoms with Crippen LogP contribution in [0.4, 0.5) is 11.4 Å². The van der Waals surface area contributed by atoms with Crippen molar-refractivity contribution in [1.29, 1.82) is 0 Å². The molecule has 0 unspecified atom stereocenters. The Morgan fingerprint density at radius 2 is 1.81 bits per heavy atom. The van der Waals surface area contributed by atoms with Crippen molar-refractivity contribution < 1.29 is 4.79 Å². The van der Waals surface area contributed by atoms with Crippen LogP contribution < -0.4 is 16.5 Å². The van der Waals surface area contributed by atoms with Crippen LogP contribution >= 0.6 is 0 Å². The predicted octanol–water partition coefficient (Wildman–Crippen LogP) is 1.76. The van der Waals surface area contributed by atoms with Gasteiger partial charge in [-0.05, 0) is 36.4 Å². The van der Waals surface area contributed by atoms with Crippen LogP contribution in [0.15, 0.2) is 53.3 Å². The zero-order valence-electron chi connectivity index (χ0n) is 11.0. The molecule has 21 heavy (non-hydrogen) atoms. The zero-order chi connectivity index (χ0) is 14.8. The van der Waals surface area contributed by atoms with Gasteiger partial charge in [0.25, 0.3) is 5.91 Å². The predicted molar refractivity (Wildman–Crippen MR) is 81.2 cm³/mol. The molecule has 0 saturated heterocycles. The molecule has 1 amide bonds. The molecule has 1 aromatic heterocycles. The fourth-order valence-corrected chi connectivity index (χ4v) is 1.98. The molecule has 0 atom stereocenters. The lowest BCUT2D eigenvalue weighted by atomic mass is 10.2. The monoisotopic (exact) mass is 280 g/mol. The molecule has 6 heteroatoms. The highest BCUT2D eigenvalue weighted by atomic mass is 16.2. The first kappa shape index (κ1) is 12.9. The van der Waals surface area contributed by atoms with Gasteiger partial charge in [-0.2, -0.15) is 5.10 Å². The summed E-state index contributed by atoms with van der Waals surface area (Å²) in [6.45, 7) is 0. The lowest BCUT2D eigenvalue weighted by Crippen LogP contribution is -2.24. The number of para-hydroxylation sites is 1. The van der Waals surface area contributed by atoms with Crippen molar-refractivity contribution in [2.24, 2.45) is 0 Å². The second-order valence-corrected chi connectivity index (χ2v) is 4.52. The summed E-state index contributed by atoms with van der Waals surface area (Å²) in [6, 6.07) is 13.5. The molecule has 3 aromatic rings. The smallest absolute Gasteiger partial charge is 0.280 e. The fourth-order valence-electron chi connectivity index (χ4n) is 1.98. The minimum Gasteiger partial charge on any atom is -0.399 e. The van der Waals surface area contributed by atoms with Gasteiger partial charge in [0.2, 0.25) is 5.43 Å². The number of aromatic nitrogens is 2. The maximum absolute atomic E-state index is 12.3. The molecule has 1 heterocycles. The molecule has 0 saturated carbocycles. The van der Waals surface area contributed by atoms with Gasteiger partial charge in [-0.15, -0.1) is 0 Å². The number of carbonyl (C=O) groups excluding carboxylic acids is 1. The molecule has 0 bridgehead atoms. The summed E-state index contributed by atoms with van der Waals surface area (Å²) in [5.41, 5.74) is 6.72. The quantitative estimate of drug-likeness (QED) is 0.622. The van der Waals surface area contributed by atoms with Gasteiger partial charge < -0.3 is 11.1 Å². The number of fused-ring (bicyclic) bond motifs is 1. The van der Waals surface area contributed by atoms with Crippen LogP contribution in [-0.4, -0.2) is 16.1 Å². The zero-order valence-corrected chi connectivity index (χ0v) is 11.0. The van der Waals surface area contributed by atoms with Gasteiger partial charge in [-0.3, -0.25) is 14.7 Å². The first-order chi connectivity index (χ1) is 10.1. The Kier molecular flexibility index (Phi) is 3.12. The topological polar surface area (TPSA) is 101 Å². The Morgan fingerprint density at radius 1 is 1.10 bits per heavy atom. The Bertz CT molecular complexity index is 869. The van der Waals surface area contributed by atoms with Crippen LogP contribution in [0, 0.1) is 0 Å². The lowest BCUT2D eigenvalue weighted by Gasteiger charge is -2.05. The standard InChI is InChI=1S/C15H12N4O2/c16-9-5-7-10(8-6-9)17-15(21)13-14(20)11-3-1-2-4-12(11)18-19-13/h1-8H,16H2,(H,17,21)(H,18,20). The van der Waals surface area contributed by atoms with E-state index in [-0.39, 0.29) is 5.69 Å². The number of anilines is 2. The summed E-state index contributed by atoms with van der Waals surface area (Å²) in [4.78, 5) is 24.4. The first-order valence-electron chi connectivity index (χ1n) is 6.29. The average Bonchev–Trinajstić information content (AvgIpc) is 2.50. The number of hydrogen-bond donors (Lipinski definition) is 3. The van der Waals surface area contributed by atoms with E-state index < -0.39 is 11.3 Å². The summed E-state index contributed by atoms with van der Waals surface area (Å²) in [5, 5.41) is 9.59. The number of nitrogens with one attached hydrogen (secondary N) is 2. The molecule has 3 rings (SSSR count). The average molecular weight is 280 g/mol. The summed E-state index contributed by atoms with van der Waals surface area (Å²) < 4.78 is 0. The van der Waals surface area contributed by atoms with Gasteiger partial charge in [-0.1, -0.05) is 12.1 Å². The molecule has 0 aliphatic carbocycles. The summed E-state index contributed by atoms with van der Waals surface area (Å²) >= 11 is 0. The van der Waals surface area contributed by atoms with Crippen molar-refractivity contribution in [2.75, 3.05) is 11.1 Å². The summed E-state index contributed by atoms with van der Waals surface area (Å²) in [5.74, 6) is -0.563. The molecule has 0 spiro atoms. The fraction of sp³-hybridized carbons (Fsp3) is 0. The first-order valence-corrected chi connectivity index (χ1v) is 6.29. The van der Waals surface area contributed by atoms with Gasteiger partial charge in [-0.25, -0.2) is 0 Å². The van der Waals surface area contributed by atoms with E-state index in [2.05, 4.69) is 15.5 Å². The van der Waals surface area contributed by atoms with Crippen molar-refractivity contribution >= 4 is 28.2 Å². The Labute approximate surface area is 119 Å². The van der Waals surface area contributed by atoms with Crippen LogP contribution in [0.3, 0.4) is 0 Å². The SMILES string of the molecule is Nc1ccc(NC(=O)c2n[nH]c3ccccc3c2=O)cc1. The molecule has 0 radical (unpaired) electrons. The molecule has 104 valence electrons. The highest BCUT2D eigenvalue weighted by Gasteiger charge is 2.14. The van der Waals surface area contributed by atoms with E-state index in [9.17, 15) is 9.59 Å². The molecule has 6 nitrogen and oxygen atoms in total. The van der Waals surface area contributed by atoms with Crippen molar-refractivity contribution in [3.63, 3.8) is 0 Å². The molecule has 0 aliphatic rings. The maximum atomic E-state index is 12.3. The third-order valence-corrected chi connectivity index (χ3v) is 3.06. The Balaban J connectivity index is 1.96. The van der Waals surface area contributed by atoms with Crippen LogP contribution in [0.25, 0.3) is 10.9 Å². The van der Waals surface area contributed by atoms with Crippen molar-refractivity contribution in [1.82, 2.24) is 10.2 Å². The Hall–Kier alpha value is -3.15. The van der Waals surface area contributed by atoms with E-state index in [1.165, 1.54) is 0 Å². The van der Waals surface area contributed by atoms with Gasteiger partial charge in [0.15, 0.2) is 5.69 Å². The number of nitrogens with zero attached hydrogens (tertiary/aromatic N) is 1. The molecular weight excluding hydrogens is 268 g/mol. The number of nitrogen functional groups attached to an aromatic ring is 1. The third-order valence-electron chi connectivity index (χ3n) is 3.06. The largest absolute Gasteiger partial charge is 0.399 e. The number of amides is 1. The second-order valence-electron chi connectivity index (χ2n) is 4.52. The van der Waals surface area contributed by atoms with Crippen LogP contribution in [-0.2, 0) is 0 Å². The van der Waals surface area contributed by atoms with Gasteiger partial charge in [0.05, 0.1) is 5.52 Å². The minimum absolute atomic E-state index is 0.175. The number of hydrogen-bond acceptors (Lipinski definition) is 4. The van der Waals surface area contributed by atoms with Crippen LogP contribution in [0.2, 0.25) is 0 Å². The molecule has 2 aromatic carbocycles. The number of H-pyrrole nitrogens is 1. The van der Waals surface area contributed by atoms with Crippen molar-refractivity contribution in [2.45, 2.75) is 0 Å². The van der Waals surface area contributed by atoms with Crippen LogP contribution in [0.5, 0.6) is 0 Å². The molecular formula is C15H12N4O2. The number of nitrogens with two attached hydrogens (primary N) is 1. The molecule has 0 aliphatic heterocycles. The number of carbonyl (C=O) groups is 1. The van der Waals surface area contributed by atoms with Gasteiger partial charge >= 0.3 is 0 Å². The summed E-state index contributed by atoms with van der Waals surface area (Å²) in [6.07, 6.45) is 0. The van der Waals surface area contributed by atoms with E-state index in [0.717, 1.165) is 0 Å². The van der Waals surface area contributed by atoms with Crippen LogP contribution in [0.1, 0.15) is 10.5 Å². The second kappa shape index (κ2) is 5.09. The highest BCUT2D eigenvalue weighted by molar-refractivity contribution is 6.04. The van der Waals surface area contributed by atoms with Crippen molar-refractivity contribution in [3.8, 4) is 0 Å². The number of rotatable bonds is 2. The van der Waals surface area contributed by atoms with E-state index in [0.29, 0.717) is 22.3 Å². The van der Waals surface area contributed by atoms with E-state index in [1.54, 1.807) is 48.5 Å². The lowest BCUT2D eigenvalue weighted by molar-refractivity contribution is 0.102. The van der Waals surface area contributed by atoms with E-state index in [4.69, 9.17) is 5.73 Å². The Morgan fingerprint density at radius 3 is 2.57 bits per heavy atom. The minimum atomic E-state index is -0.563. The molecule has 0 fully saturated rings. The van der Waals surface area contributed by atoms with Crippen molar-refractivity contribution in [3.05, 3.63) is 64.4 Å². The number of aromatic amines is 1. The third kappa shape index (κ3) is 2.46. The van der Waals surface area contributed by atoms with Gasteiger partial charge in [0, 0.05) is 16.8 Å². The number of benzene rings is 2. The van der Waals surface area contributed by atoms with Gasteiger partial charge in [0.1, 0.15) is 0 Å². The normalized spacial score (nSPS) is 10.5.